The Kier molecular flexibility index (Phi) is 10.6. The minimum absolute atomic E-state index is 0.0190. The van der Waals surface area contributed by atoms with E-state index in [2.05, 4.69) is 11.8 Å². The number of carbonyl (C=O) groups is 1. The molecule has 0 unspecified atom stereocenters. The third kappa shape index (κ3) is 8.37. The molecule has 0 aromatic heterocycles. The first-order chi connectivity index (χ1) is 18.7. The summed E-state index contributed by atoms with van der Waals surface area (Å²) in [4.78, 5) is 15.2. The SMILES string of the molecule is CCCCCCCO[C@@H]1[C@H]2OC(C)(C)O[C@H]2O[C@@H]1[C@@H](CN1CCCCC1)OC(=O)NS(=O)(=O)c1ccccc1. The van der Waals surface area contributed by atoms with E-state index in [0.29, 0.717) is 13.2 Å². The van der Waals surface area contributed by atoms with Gasteiger partial charge in [0.1, 0.15) is 24.4 Å². The average molecular weight is 569 g/mol. The van der Waals surface area contributed by atoms with Crippen LogP contribution in [0.4, 0.5) is 4.79 Å². The fourth-order valence-corrected chi connectivity index (χ4v) is 6.35. The molecule has 3 fully saturated rings. The summed E-state index contributed by atoms with van der Waals surface area (Å²) in [5, 5.41) is 0. The third-order valence-electron chi connectivity index (χ3n) is 7.37. The van der Waals surface area contributed by atoms with Crippen molar-refractivity contribution >= 4 is 16.1 Å². The number of hydrogen-bond donors (Lipinski definition) is 1. The number of hydrogen-bond acceptors (Lipinski definition) is 9. The minimum atomic E-state index is -4.09. The van der Waals surface area contributed by atoms with Gasteiger partial charge in [-0.2, -0.15) is 0 Å². The monoisotopic (exact) mass is 568 g/mol. The van der Waals surface area contributed by atoms with Crippen molar-refractivity contribution in [2.45, 2.75) is 114 Å². The van der Waals surface area contributed by atoms with E-state index < -0.39 is 52.6 Å². The van der Waals surface area contributed by atoms with Crippen molar-refractivity contribution in [1.29, 1.82) is 0 Å². The van der Waals surface area contributed by atoms with Gasteiger partial charge in [0.15, 0.2) is 12.1 Å². The number of ether oxygens (including phenoxy) is 5. The molecule has 0 spiro atoms. The molecule has 5 atom stereocenters. The fraction of sp³-hybridized carbons (Fsp3) is 0.750. The van der Waals surface area contributed by atoms with Crippen molar-refractivity contribution in [3.05, 3.63) is 30.3 Å². The summed E-state index contributed by atoms with van der Waals surface area (Å²) in [7, 11) is -4.09. The van der Waals surface area contributed by atoms with Gasteiger partial charge in [0.2, 0.25) is 0 Å². The maximum atomic E-state index is 13.0. The van der Waals surface area contributed by atoms with Crippen molar-refractivity contribution in [2.75, 3.05) is 26.2 Å². The van der Waals surface area contributed by atoms with Gasteiger partial charge in [0, 0.05) is 13.2 Å². The van der Waals surface area contributed by atoms with Crippen molar-refractivity contribution in [3.8, 4) is 0 Å². The van der Waals surface area contributed by atoms with Gasteiger partial charge in [-0.1, -0.05) is 57.2 Å². The van der Waals surface area contributed by atoms with Crippen LogP contribution in [-0.2, 0) is 33.7 Å². The van der Waals surface area contributed by atoms with Crippen LogP contribution < -0.4 is 4.72 Å². The van der Waals surface area contributed by atoms with Crippen molar-refractivity contribution in [1.82, 2.24) is 9.62 Å². The number of rotatable bonds is 13. The van der Waals surface area contributed by atoms with Gasteiger partial charge in [-0.05, 0) is 58.3 Å². The molecule has 1 amide bonds. The smallest absolute Gasteiger partial charge is 0.421 e. The molecule has 4 rings (SSSR count). The van der Waals surface area contributed by atoms with Gasteiger partial charge in [0.05, 0.1) is 4.90 Å². The van der Waals surface area contributed by atoms with Crippen LogP contribution in [-0.4, -0.2) is 82.1 Å². The maximum Gasteiger partial charge on any atom is 0.421 e. The van der Waals surface area contributed by atoms with Crippen LogP contribution >= 0.6 is 0 Å². The Balaban J connectivity index is 1.48. The minimum Gasteiger partial charge on any atom is -0.441 e. The van der Waals surface area contributed by atoms with Crippen LogP contribution in [0.2, 0.25) is 0 Å². The second kappa shape index (κ2) is 13.7. The van der Waals surface area contributed by atoms with E-state index in [1.54, 1.807) is 18.2 Å². The van der Waals surface area contributed by atoms with Crippen LogP contribution in [0.1, 0.15) is 72.1 Å². The van der Waals surface area contributed by atoms with Crippen LogP contribution in [0.5, 0.6) is 0 Å². The standard InChI is InChI=1S/C28H44N2O8S/c1-4-5-6-7-14-19-34-24-23(36-26-25(24)37-28(2,3)38-26)22(20-30-17-12-9-13-18-30)35-27(31)29-39(32,33)21-15-10-8-11-16-21/h8,10-11,15-16,22-26H,4-7,9,12-14,17-20H2,1-3H3,(H,29,31)/t22-,23-,24+,25-,26-/m1/s1. The average Bonchev–Trinajstić information content (AvgIpc) is 3.38. The molecule has 0 saturated carbocycles. The molecule has 10 nitrogen and oxygen atoms in total. The lowest BCUT2D eigenvalue weighted by Gasteiger charge is -2.35. The highest BCUT2D eigenvalue weighted by atomic mass is 32.2. The van der Waals surface area contributed by atoms with Crippen LogP contribution in [0, 0.1) is 0 Å². The molecule has 1 aromatic carbocycles. The van der Waals surface area contributed by atoms with Gasteiger partial charge in [-0.25, -0.2) is 17.9 Å². The third-order valence-corrected chi connectivity index (χ3v) is 8.70. The van der Waals surface area contributed by atoms with Crippen molar-refractivity contribution in [2.24, 2.45) is 0 Å². The fourth-order valence-electron chi connectivity index (χ4n) is 5.45. The Bertz CT molecular complexity index is 1020. The Labute approximate surface area is 232 Å². The molecule has 220 valence electrons. The van der Waals surface area contributed by atoms with Crippen LogP contribution in [0.3, 0.4) is 0 Å². The van der Waals surface area contributed by atoms with E-state index in [-0.39, 0.29) is 4.90 Å². The van der Waals surface area contributed by atoms with E-state index in [1.165, 1.54) is 25.0 Å². The molecule has 3 aliphatic rings. The van der Waals surface area contributed by atoms with E-state index in [4.69, 9.17) is 23.7 Å². The lowest BCUT2D eigenvalue weighted by atomic mass is 10.0. The summed E-state index contributed by atoms with van der Waals surface area (Å²) in [6.07, 6.45) is 4.53. The normalized spacial score (nSPS) is 27.7. The van der Waals surface area contributed by atoms with E-state index in [1.807, 2.05) is 18.6 Å². The summed E-state index contributed by atoms with van der Waals surface area (Å²) < 4.78 is 58.2. The summed E-state index contributed by atoms with van der Waals surface area (Å²) in [5.41, 5.74) is 0. The second-order valence-corrected chi connectivity index (χ2v) is 12.7. The highest BCUT2D eigenvalue weighted by molar-refractivity contribution is 7.90. The zero-order valence-corrected chi connectivity index (χ0v) is 24.2. The lowest BCUT2D eigenvalue weighted by Crippen LogP contribution is -2.51. The van der Waals surface area contributed by atoms with E-state index in [9.17, 15) is 13.2 Å². The highest BCUT2D eigenvalue weighted by Gasteiger charge is 2.58. The number of fused-ring (bicyclic) bond motifs is 1. The molecule has 0 radical (unpaired) electrons. The Hall–Kier alpha value is -1.76. The van der Waals surface area contributed by atoms with Gasteiger partial charge in [-0.15, -0.1) is 0 Å². The van der Waals surface area contributed by atoms with Gasteiger partial charge in [-0.3, -0.25) is 4.90 Å². The topological polar surface area (TPSA) is 113 Å². The first kappa shape index (κ1) is 30.2. The number of benzene rings is 1. The number of piperidine rings is 1. The van der Waals surface area contributed by atoms with Gasteiger partial charge < -0.3 is 23.7 Å². The van der Waals surface area contributed by atoms with Crippen molar-refractivity contribution < 1.29 is 36.9 Å². The van der Waals surface area contributed by atoms with Gasteiger partial charge >= 0.3 is 6.09 Å². The van der Waals surface area contributed by atoms with E-state index in [0.717, 1.165) is 51.6 Å². The summed E-state index contributed by atoms with van der Waals surface area (Å²) in [6, 6.07) is 7.73. The molecule has 0 aliphatic carbocycles. The zero-order chi connectivity index (χ0) is 27.9. The Morgan fingerprint density at radius 1 is 1.08 bits per heavy atom. The summed E-state index contributed by atoms with van der Waals surface area (Å²) in [5.74, 6) is -0.826. The number of nitrogens with zero attached hydrogens (tertiary/aromatic N) is 1. The molecule has 1 N–H and O–H groups in total. The maximum absolute atomic E-state index is 13.0. The van der Waals surface area contributed by atoms with Crippen LogP contribution in [0.25, 0.3) is 0 Å². The number of likely N-dealkylation sites (tertiary alicyclic amines) is 1. The predicted octanol–water partition coefficient (Wildman–Crippen LogP) is 4.19. The van der Waals surface area contributed by atoms with E-state index >= 15 is 0 Å². The quantitative estimate of drug-likeness (QED) is 0.350. The number of amides is 1. The first-order valence-electron chi connectivity index (χ1n) is 14.3. The first-order valence-corrected chi connectivity index (χ1v) is 15.8. The molecular formula is C28H44N2O8S. The molecule has 3 heterocycles. The molecule has 3 saturated heterocycles. The number of carbonyl (C=O) groups excluding carboxylic acids is 1. The number of sulfonamides is 1. The Morgan fingerprint density at radius 2 is 1.79 bits per heavy atom. The molecular weight excluding hydrogens is 524 g/mol. The molecule has 3 aliphatic heterocycles. The lowest BCUT2D eigenvalue weighted by molar-refractivity contribution is -0.230. The second-order valence-electron chi connectivity index (χ2n) is 11.0. The summed E-state index contributed by atoms with van der Waals surface area (Å²) >= 11 is 0. The Morgan fingerprint density at radius 3 is 2.51 bits per heavy atom. The van der Waals surface area contributed by atoms with Crippen LogP contribution in [0.15, 0.2) is 35.2 Å². The molecule has 0 bridgehead atoms. The number of nitrogens with one attached hydrogen (secondary N) is 1. The largest absolute Gasteiger partial charge is 0.441 e. The van der Waals surface area contributed by atoms with Crippen molar-refractivity contribution in [3.63, 3.8) is 0 Å². The molecule has 11 heteroatoms. The number of unbranched alkanes of at least 4 members (excludes halogenated alkanes) is 4. The predicted molar refractivity (Wildman–Crippen MR) is 145 cm³/mol. The van der Waals surface area contributed by atoms with Gasteiger partial charge in [0.25, 0.3) is 10.0 Å². The summed E-state index contributed by atoms with van der Waals surface area (Å²) in [6.45, 7) is 8.48. The highest BCUT2D eigenvalue weighted by Crippen LogP contribution is 2.40. The molecule has 1 aromatic rings. The zero-order valence-electron chi connectivity index (χ0n) is 23.4. The molecule has 39 heavy (non-hydrogen) atoms.